The topological polar surface area (TPSA) is 55.1 Å². The Hall–Kier alpha value is -1.46. The predicted molar refractivity (Wildman–Crippen MR) is 88.3 cm³/mol. The molecule has 1 heterocycles. The SMILES string of the molecule is CSc1c(Cl)ccc(C(=O)c2c(C3CC3)nn(C)c2O)c1C. The predicted octanol–water partition coefficient (Wildman–Crippen LogP) is 3.92. The summed E-state index contributed by atoms with van der Waals surface area (Å²) in [5.74, 6) is 0.0441. The van der Waals surface area contributed by atoms with Crippen molar-refractivity contribution < 1.29 is 9.90 Å². The summed E-state index contributed by atoms with van der Waals surface area (Å²) in [5.41, 5.74) is 2.46. The van der Waals surface area contributed by atoms with Crippen molar-refractivity contribution in [2.75, 3.05) is 6.26 Å². The molecule has 0 radical (unpaired) electrons. The van der Waals surface area contributed by atoms with Gasteiger partial charge in [0.05, 0.1) is 10.7 Å². The van der Waals surface area contributed by atoms with Gasteiger partial charge in [-0.1, -0.05) is 11.6 Å². The lowest BCUT2D eigenvalue weighted by molar-refractivity contribution is 0.103. The van der Waals surface area contributed by atoms with E-state index in [9.17, 15) is 9.90 Å². The first-order valence-corrected chi connectivity index (χ1v) is 8.69. The minimum atomic E-state index is -0.183. The Kier molecular flexibility index (Phi) is 3.95. The number of ketones is 1. The summed E-state index contributed by atoms with van der Waals surface area (Å²) < 4.78 is 1.38. The number of aryl methyl sites for hydroxylation is 1. The molecule has 2 aromatic rings. The molecule has 0 spiro atoms. The Morgan fingerprint density at radius 1 is 1.45 bits per heavy atom. The van der Waals surface area contributed by atoms with E-state index in [-0.39, 0.29) is 11.7 Å². The van der Waals surface area contributed by atoms with Crippen LogP contribution in [0.1, 0.15) is 45.9 Å². The lowest BCUT2D eigenvalue weighted by Crippen LogP contribution is -2.07. The van der Waals surface area contributed by atoms with Gasteiger partial charge in [0, 0.05) is 23.4 Å². The molecule has 1 aromatic heterocycles. The standard InChI is InChI=1S/C16H17ClN2O2S/c1-8-10(6-7-11(17)15(8)22-3)14(20)12-13(9-4-5-9)18-19(2)16(12)21/h6-7,9,21H,4-5H2,1-3H3. The van der Waals surface area contributed by atoms with Crippen molar-refractivity contribution in [3.63, 3.8) is 0 Å². The van der Waals surface area contributed by atoms with Crippen LogP contribution in [0.15, 0.2) is 17.0 Å². The molecule has 1 aliphatic carbocycles. The molecule has 1 fully saturated rings. The first-order chi connectivity index (χ1) is 10.5. The zero-order valence-corrected chi connectivity index (χ0v) is 14.3. The zero-order chi connectivity index (χ0) is 16.0. The Bertz CT molecular complexity index is 766. The number of nitrogens with zero attached hydrogens (tertiary/aromatic N) is 2. The van der Waals surface area contributed by atoms with Crippen molar-refractivity contribution in [3.05, 3.63) is 39.5 Å². The first kappa shape index (κ1) is 15.4. The Morgan fingerprint density at radius 3 is 2.73 bits per heavy atom. The van der Waals surface area contributed by atoms with E-state index >= 15 is 0 Å². The second-order valence-electron chi connectivity index (χ2n) is 5.56. The maximum atomic E-state index is 13.0. The Labute approximate surface area is 138 Å². The number of carbonyl (C=O) groups excluding carboxylic acids is 1. The van der Waals surface area contributed by atoms with Crippen molar-refractivity contribution in [3.8, 4) is 5.88 Å². The summed E-state index contributed by atoms with van der Waals surface area (Å²) in [5, 5.41) is 15.2. The van der Waals surface area contributed by atoms with Gasteiger partial charge in [0.25, 0.3) is 0 Å². The van der Waals surface area contributed by atoms with Gasteiger partial charge < -0.3 is 5.11 Å². The number of rotatable bonds is 4. The maximum absolute atomic E-state index is 13.0. The molecule has 4 nitrogen and oxygen atoms in total. The van der Waals surface area contributed by atoms with Crippen LogP contribution in [0.5, 0.6) is 5.88 Å². The number of hydrogen-bond acceptors (Lipinski definition) is 4. The minimum absolute atomic E-state index is 0.0630. The quantitative estimate of drug-likeness (QED) is 0.679. The van der Waals surface area contributed by atoms with Crippen LogP contribution >= 0.6 is 23.4 Å². The average molecular weight is 337 g/mol. The highest BCUT2D eigenvalue weighted by Gasteiger charge is 2.35. The molecule has 0 unspecified atom stereocenters. The third-order valence-corrected chi connectivity index (χ3v) is 5.40. The summed E-state index contributed by atoms with van der Waals surface area (Å²) in [4.78, 5) is 13.9. The molecule has 0 saturated heterocycles. The number of carbonyl (C=O) groups is 1. The molecule has 3 rings (SSSR count). The van der Waals surface area contributed by atoms with Crippen molar-refractivity contribution >= 4 is 29.1 Å². The minimum Gasteiger partial charge on any atom is -0.493 e. The number of halogens is 1. The normalized spacial score (nSPS) is 14.4. The Morgan fingerprint density at radius 2 is 2.14 bits per heavy atom. The van der Waals surface area contributed by atoms with Crippen LogP contribution in [-0.2, 0) is 7.05 Å². The third-order valence-electron chi connectivity index (χ3n) is 4.04. The van der Waals surface area contributed by atoms with Gasteiger partial charge in [-0.05, 0) is 43.7 Å². The van der Waals surface area contributed by atoms with E-state index in [2.05, 4.69) is 5.10 Å². The molecule has 0 amide bonds. The van der Waals surface area contributed by atoms with E-state index in [1.165, 1.54) is 16.4 Å². The number of benzene rings is 1. The molecule has 116 valence electrons. The van der Waals surface area contributed by atoms with Crippen LogP contribution in [0.3, 0.4) is 0 Å². The van der Waals surface area contributed by atoms with Crippen molar-refractivity contribution in [1.29, 1.82) is 0 Å². The van der Waals surface area contributed by atoms with Crippen LogP contribution < -0.4 is 0 Å². The van der Waals surface area contributed by atoms with Crippen LogP contribution in [0.2, 0.25) is 5.02 Å². The van der Waals surface area contributed by atoms with Crippen molar-refractivity contribution in [2.24, 2.45) is 7.05 Å². The molecule has 1 saturated carbocycles. The zero-order valence-electron chi connectivity index (χ0n) is 12.7. The van der Waals surface area contributed by atoms with Gasteiger partial charge in [0.15, 0.2) is 0 Å². The maximum Gasteiger partial charge on any atom is 0.220 e. The summed E-state index contributed by atoms with van der Waals surface area (Å²) in [6, 6.07) is 3.46. The fraction of sp³-hybridized carbons (Fsp3) is 0.375. The lowest BCUT2D eigenvalue weighted by atomic mass is 9.98. The number of thioether (sulfide) groups is 1. The van der Waals surface area contributed by atoms with Crippen molar-refractivity contribution in [2.45, 2.75) is 30.6 Å². The highest BCUT2D eigenvalue weighted by molar-refractivity contribution is 7.98. The number of hydrogen-bond donors (Lipinski definition) is 1. The average Bonchev–Trinajstić information content (AvgIpc) is 3.27. The van der Waals surface area contributed by atoms with E-state index in [0.29, 0.717) is 27.8 Å². The molecule has 1 aromatic carbocycles. The van der Waals surface area contributed by atoms with Gasteiger partial charge in [-0.2, -0.15) is 5.10 Å². The van der Waals surface area contributed by atoms with E-state index in [0.717, 1.165) is 23.3 Å². The van der Waals surface area contributed by atoms with Gasteiger partial charge in [-0.3, -0.25) is 4.79 Å². The molecular formula is C16H17ClN2O2S. The molecule has 1 N–H and O–H groups in total. The van der Waals surface area contributed by atoms with E-state index in [4.69, 9.17) is 11.6 Å². The van der Waals surface area contributed by atoms with E-state index in [1.54, 1.807) is 19.2 Å². The summed E-state index contributed by atoms with van der Waals surface area (Å²) >= 11 is 7.70. The number of aromatic nitrogens is 2. The molecular weight excluding hydrogens is 320 g/mol. The molecule has 1 aliphatic rings. The van der Waals surface area contributed by atoms with Gasteiger partial charge in [-0.25, -0.2) is 4.68 Å². The van der Waals surface area contributed by atoms with E-state index in [1.807, 2.05) is 13.2 Å². The van der Waals surface area contributed by atoms with Gasteiger partial charge in [0.1, 0.15) is 5.56 Å². The Balaban J connectivity index is 2.13. The first-order valence-electron chi connectivity index (χ1n) is 7.09. The van der Waals surface area contributed by atoms with Gasteiger partial charge in [0.2, 0.25) is 11.7 Å². The molecule has 0 atom stereocenters. The number of aromatic hydroxyl groups is 1. The highest BCUT2D eigenvalue weighted by atomic mass is 35.5. The largest absolute Gasteiger partial charge is 0.493 e. The smallest absolute Gasteiger partial charge is 0.220 e. The summed E-state index contributed by atoms with van der Waals surface area (Å²) in [6.07, 6.45) is 3.97. The fourth-order valence-electron chi connectivity index (χ4n) is 2.69. The lowest BCUT2D eigenvalue weighted by Gasteiger charge is -2.11. The second kappa shape index (κ2) is 5.63. The van der Waals surface area contributed by atoms with Crippen LogP contribution in [0, 0.1) is 6.92 Å². The summed E-state index contributed by atoms with van der Waals surface area (Å²) in [6.45, 7) is 1.88. The van der Waals surface area contributed by atoms with Crippen molar-refractivity contribution in [1.82, 2.24) is 9.78 Å². The third kappa shape index (κ3) is 2.42. The van der Waals surface area contributed by atoms with Crippen LogP contribution in [0.4, 0.5) is 0 Å². The van der Waals surface area contributed by atoms with Crippen LogP contribution in [0.25, 0.3) is 0 Å². The van der Waals surface area contributed by atoms with Gasteiger partial charge in [-0.15, -0.1) is 11.8 Å². The fourth-order valence-corrected chi connectivity index (χ4v) is 3.80. The molecule has 22 heavy (non-hydrogen) atoms. The summed E-state index contributed by atoms with van der Waals surface area (Å²) in [7, 11) is 1.65. The van der Waals surface area contributed by atoms with Crippen LogP contribution in [-0.4, -0.2) is 26.9 Å². The molecule has 0 bridgehead atoms. The second-order valence-corrected chi connectivity index (χ2v) is 6.79. The monoisotopic (exact) mass is 336 g/mol. The van der Waals surface area contributed by atoms with Gasteiger partial charge >= 0.3 is 0 Å². The highest BCUT2D eigenvalue weighted by Crippen LogP contribution is 2.44. The molecule has 0 aliphatic heterocycles. The van der Waals surface area contributed by atoms with E-state index < -0.39 is 0 Å². The molecule has 6 heteroatoms.